The second-order valence-electron chi connectivity index (χ2n) is 10.1. The number of hydrogen-bond acceptors (Lipinski definition) is 6. The van der Waals surface area contributed by atoms with Crippen LogP contribution in [-0.2, 0) is 34.0 Å². The number of nitrogens with one attached hydrogen (secondary N) is 3. The number of hydrogen-bond donors (Lipinski definition) is 3. The van der Waals surface area contributed by atoms with E-state index in [4.69, 9.17) is 14.7 Å². The van der Waals surface area contributed by atoms with Crippen LogP contribution >= 0.6 is 0 Å². The Balaban J connectivity index is 1.63. The summed E-state index contributed by atoms with van der Waals surface area (Å²) < 4.78 is 22.5. The summed E-state index contributed by atoms with van der Waals surface area (Å²) in [5, 5.41) is 4.23. The highest BCUT2D eigenvalue weighted by Gasteiger charge is 2.53. The van der Waals surface area contributed by atoms with Crippen LogP contribution in [-0.4, -0.2) is 36.5 Å². The molecule has 9 heteroatoms. The number of pyridine rings is 1. The molecule has 6 rings (SSSR count). The Morgan fingerprint density at radius 2 is 2.08 bits per heavy atom. The summed E-state index contributed by atoms with van der Waals surface area (Å²) in [7, 11) is -2.89. The van der Waals surface area contributed by atoms with Gasteiger partial charge in [-0.1, -0.05) is 24.3 Å². The van der Waals surface area contributed by atoms with Gasteiger partial charge in [0, 0.05) is 48.3 Å². The molecular weight excluding hydrogens is 484 g/mol. The van der Waals surface area contributed by atoms with E-state index >= 15 is 0 Å². The van der Waals surface area contributed by atoms with Crippen LogP contribution in [0.1, 0.15) is 36.1 Å². The van der Waals surface area contributed by atoms with Crippen molar-refractivity contribution in [3.05, 3.63) is 82.6 Å². The fraction of sp³-hybridized carbons (Fsp3) is 0.321. The third-order valence-electron chi connectivity index (χ3n) is 7.68. The van der Waals surface area contributed by atoms with Crippen LogP contribution in [0.15, 0.2) is 60.2 Å². The highest BCUT2D eigenvalue weighted by molar-refractivity contribution is 7.93. The van der Waals surface area contributed by atoms with Gasteiger partial charge in [-0.25, -0.2) is 14.2 Å². The summed E-state index contributed by atoms with van der Waals surface area (Å²) in [6.45, 7) is 5.96. The number of H-pyrrole nitrogens is 1. The number of allylic oxidation sites excluding steroid dienone is 1. The Morgan fingerprint density at radius 1 is 1.24 bits per heavy atom. The van der Waals surface area contributed by atoms with Crippen molar-refractivity contribution >= 4 is 20.6 Å². The molecule has 0 radical (unpaired) electrons. The Hall–Kier alpha value is -3.56. The standard InChI is InChI=1S/C28H30N6O2S/c1-3-4-14-34-17-22(19-9-13-31-25(19)27(34)35)23-15-24(28(10-11-28)37(2,29)36)33-26(32-23)20-7-5-6-18-8-12-30-16-21(18)20/h3,5-7,9,13,15,17,29-31H,1,4,8,10-12,14,16H2,2H3/t37-/m1/s1. The minimum Gasteiger partial charge on any atom is -0.357 e. The normalized spacial score (nSPS) is 17.8. The van der Waals surface area contributed by atoms with Crippen LogP contribution in [0.4, 0.5) is 0 Å². The van der Waals surface area contributed by atoms with Gasteiger partial charge in [0.15, 0.2) is 5.82 Å². The van der Waals surface area contributed by atoms with E-state index in [0.717, 1.165) is 36.0 Å². The van der Waals surface area contributed by atoms with E-state index in [1.165, 1.54) is 17.4 Å². The molecule has 1 fully saturated rings. The molecule has 1 saturated carbocycles. The Morgan fingerprint density at radius 3 is 2.84 bits per heavy atom. The number of nitrogens with zero attached hydrogens (tertiary/aromatic N) is 3. The molecule has 3 aromatic heterocycles. The summed E-state index contributed by atoms with van der Waals surface area (Å²) in [6.07, 6.45) is 9.84. The van der Waals surface area contributed by atoms with E-state index < -0.39 is 14.5 Å². The smallest absolute Gasteiger partial charge is 0.274 e. The lowest BCUT2D eigenvalue weighted by Gasteiger charge is -2.22. The lowest BCUT2D eigenvalue weighted by atomic mass is 9.95. The van der Waals surface area contributed by atoms with Gasteiger partial charge in [-0.2, -0.15) is 0 Å². The minimum absolute atomic E-state index is 0.0929. The fourth-order valence-electron chi connectivity index (χ4n) is 5.42. The maximum atomic E-state index is 13.1. The van der Waals surface area contributed by atoms with E-state index in [1.807, 2.05) is 30.5 Å². The molecule has 4 heterocycles. The zero-order valence-electron chi connectivity index (χ0n) is 20.8. The highest BCUT2D eigenvalue weighted by Crippen LogP contribution is 2.52. The number of aromatic amines is 1. The van der Waals surface area contributed by atoms with Crippen LogP contribution in [0.2, 0.25) is 0 Å². The van der Waals surface area contributed by atoms with Crippen molar-refractivity contribution in [2.45, 2.75) is 43.5 Å². The zero-order valence-corrected chi connectivity index (χ0v) is 21.7. The largest absolute Gasteiger partial charge is 0.357 e. The van der Waals surface area contributed by atoms with Gasteiger partial charge in [-0.15, -0.1) is 6.58 Å². The van der Waals surface area contributed by atoms with Gasteiger partial charge in [0.2, 0.25) is 0 Å². The lowest BCUT2D eigenvalue weighted by Crippen LogP contribution is -2.24. The second kappa shape index (κ2) is 8.78. The monoisotopic (exact) mass is 514 g/mol. The van der Waals surface area contributed by atoms with E-state index in [0.29, 0.717) is 48.5 Å². The molecule has 1 aliphatic carbocycles. The third-order valence-corrected chi connectivity index (χ3v) is 9.79. The van der Waals surface area contributed by atoms with E-state index in [-0.39, 0.29) is 5.56 Å². The van der Waals surface area contributed by atoms with Crippen molar-refractivity contribution in [3.8, 4) is 22.6 Å². The molecule has 8 nitrogen and oxygen atoms in total. The van der Waals surface area contributed by atoms with E-state index in [2.05, 4.69) is 22.9 Å². The summed E-state index contributed by atoms with van der Waals surface area (Å²) >= 11 is 0. The maximum absolute atomic E-state index is 13.1. The molecule has 3 N–H and O–H groups in total. The van der Waals surface area contributed by atoms with Crippen LogP contribution in [0.5, 0.6) is 0 Å². The SMILES string of the molecule is C=CCCn1cc(-c2cc(C3([S@](C)(=N)=O)CC3)nc(-c3cccc4c3CNCC4)n2)c2cc[nH]c2c1=O. The average Bonchev–Trinajstić information content (AvgIpc) is 3.59. The van der Waals surface area contributed by atoms with Gasteiger partial charge in [0.1, 0.15) is 5.52 Å². The number of aromatic nitrogens is 4. The lowest BCUT2D eigenvalue weighted by molar-refractivity contribution is 0.644. The second-order valence-corrected chi connectivity index (χ2v) is 12.5. The van der Waals surface area contributed by atoms with Crippen molar-refractivity contribution in [3.63, 3.8) is 0 Å². The van der Waals surface area contributed by atoms with Crippen LogP contribution in [0.3, 0.4) is 0 Å². The first-order valence-electron chi connectivity index (χ1n) is 12.6. The van der Waals surface area contributed by atoms with Gasteiger partial charge >= 0.3 is 0 Å². The van der Waals surface area contributed by atoms with E-state index in [1.54, 1.807) is 16.8 Å². The van der Waals surface area contributed by atoms with E-state index in [9.17, 15) is 9.00 Å². The molecule has 2 aliphatic rings. The maximum Gasteiger partial charge on any atom is 0.274 e. The summed E-state index contributed by atoms with van der Waals surface area (Å²) in [4.78, 5) is 26.2. The highest BCUT2D eigenvalue weighted by atomic mass is 32.2. The molecule has 0 unspecified atom stereocenters. The Kier molecular flexibility index (Phi) is 5.65. The van der Waals surface area contributed by atoms with Crippen LogP contribution in [0, 0.1) is 4.78 Å². The zero-order chi connectivity index (χ0) is 25.8. The van der Waals surface area contributed by atoms with Crippen LogP contribution in [0.25, 0.3) is 33.5 Å². The topological polar surface area (TPSA) is 117 Å². The van der Waals surface area contributed by atoms with Crippen molar-refractivity contribution in [2.24, 2.45) is 0 Å². The third kappa shape index (κ3) is 3.93. The molecule has 190 valence electrons. The predicted octanol–water partition coefficient (Wildman–Crippen LogP) is 4.34. The molecule has 1 aliphatic heterocycles. The molecule has 0 spiro atoms. The van der Waals surface area contributed by atoms with Crippen molar-refractivity contribution in [1.82, 2.24) is 24.8 Å². The summed E-state index contributed by atoms with van der Waals surface area (Å²) in [5.41, 5.74) is 5.93. The average molecular weight is 515 g/mol. The van der Waals surface area contributed by atoms with Gasteiger partial charge < -0.3 is 14.9 Å². The molecule has 0 saturated heterocycles. The number of rotatable bonds is 7. The van der Waals surface area contributed by atoms with Crippen molar-refractivity contribution in [1.29, 1.82) is 4.78 Å². The molecular formula is C28H30N6O2S. The molecule has 0 bridgehead atoms. The van der Waals surface area contributed by atoms with Gasteiger partial charge in [0.05, 0.1) is 25.9 Å². The Labute approximate surface area is 215 Å². The molecule has 0 amide bonds. The van der Waals surface area contributed by atoms with Crippen LogP contribution < -0.4 is 10.9 Å². The summed E-state index contributed by atoms with van der Waals surface area (Å²) in [6, 6.07) is 9.99. The number of fused-ring (bicyclic) bond motifs is 2. The Bertz CT molecular complexity index is 1710. The van der Waals surface area contributed by atoms with Crippen molar-refractivity contribution < 1.29 is 4.21 Å². The van der Waals surface area contributed by atoms with Crippen molar-refractivity contribution in [2.75, 3.05) is 12.8 Å². The summed E-state index contributed by atoms with van der Waals surface area (Å²) in [5.74, 6) is 0.565. The first kappa shape index (κ1) is 23.8. The van der Waals surface area contributed by atoms with Gasteiger partial charge in [0.25, 0.3) is 5.56 Å². The number of benzene rings is 1. The minimum atomic E-state index is -2.89. The first-order chi connectivity index (χ1) is 17.8. The van der Waals surface area contributed by atoms with Gasteiger partial charge in [-0.3, -0.25) is 9.57 Å². The molecule has 1 aromatic carbocycles. The molecule has 37 heavy (non-hydrogen) atoms. The number of aryl methyl sites for hydroxylation is 1. The predicted molar refractivity (Wildman–Crippen MR) is 147 cm³/mol. The van der Waals surface area contributed by atoms with Gasteiger partial charge in [-0.05, 0) is 55.5 Å². The molecule has 4 aromatic rings. The molecule has 1 atom stereocenters. The fourth-order valence-corrected chi connectivity index (χ4v) is 6.81. The quantitative estimate of drug-likeness (QED) is 0.317. The first-order valence-corrected chi connectivity index (χ1v) is 14.6.